The Kier molecular flexibility index (Phi) is 5.48. The number of para-hydroxylation sites is 1. The predicted octanol–water partition coefficient (Wildman–Crippen LogP) is 3.11. The first-order chi connectivity index (χ1) is 13.7. The molecule has 1 aromatic carbocycles. The zero-order valence-electron chi connectivity index (χ0n) is 16.5. The molecule has 3 aromatic rings. The molecule has 0 radical (unpaired) electrons. The third-order valence-corrected chi connectivity index (χ3v) is 5.28. The van der Waals surface area contributed by atoms with Gasteiger partial charge in [-0.15, -0.1) is 0 Å². The Morgan fingerprint density at radius 3 is 2.46 bits per heavy atom. The number of nitrogens with zero attached hydrogens (tertiary/aromatic N) is 6. The predicted molar refractivity (Wildman–Crippen MR) is 113 cm³/mol. The van der Waals surface area contributed by atoms with Crippen molar-refractivity contribution in [3.8, 4) is 5.95 Å². The van der Waals surface area contributed by atoms with Crippen LogP contribution in [0.4, 0.5) is 5.69 Å². The molecule has 0 bridgehead atoms. The average molecular weight is 374 g/mol. The standard InChI is InChI=1S/C22H26N6/c1-18-7-3-4-9-21(18)27-15-13-26(14-16-27)12-5-8-20-17-25-28(19(20)2)22-23-10-6-11-24-22/h3-11,17H,12-16H2,1-2H3/b8-5+. The number of benzene rings is 1. The molecule has 0 aliphatic carbocycles. The Morgan fingerprint density at radius 1 is 0.964 bits per heavy atom. The van der Waals surface area contributed by atoms with Crippen LogP contribution in [-0.4, -0.2) is 57.4 Å². The summed E-state index contributed by atoms with van der Waals surface area (Å²) in [6.45, 7) is 9.48. The Morgan fingerprint density at radius 2 is 1.71 bits per heavy atom. The van der Waals surface area contributed by atoms with Gasteiger partial charge in [0.25, 0.3) is 5.95 Å². The summed E-state index contributed by atoms with van der Waals surface area (Å²) in [6, 6.07) is 10.4. The monoisotopic (exact) mass is 374 g/mol. The van der Waals surface area contributed by atoms with Gasteiger partial charge in [0, 0.05) is 56.4 Å². The third-order valence-electron chi connectivity index (χ3n) is 5.28. The number of piperazine rings is 1. The van der Waals surface area contributed by atoms with E-state index in [-0.39, 0.29) is 0 Å². The molecule has 1 saturated heterocycles. The van der Waals surface area contributed by atoms with Gasteiger partial charge in [-0.3, -0.25) is 4.90 Å². The lowest BCUT2D eigenvalue weighted by atomic mass is 10.1. The van der Waals surface area contributed by atoms with Gasteiger partial charge in [0.1, 0.15) is 0 Å². The summed E-state index contributed by atoms with van der Waals surface area (Å²) in [7, 11) is 0. The van der Waals surface area contributed by atoms with Crippen molar-refractivity contribution in [2.24, 2.45) is 0 Å². The van der Waals surface area contributed by atoms with Crippen LogP contribution in [0.1, 0.15) is 16.8 Å². The smallest absolute Gasteiger partial charge is 0.250 e. The van der Waals surface area contributed by atoms with Crippen molar-refractivity contribution in [2.45, 2.75) is 13.8 Å². The number of anilines is 1. The van der Waals surface area contributed by atoms with Crippen LogP contribution in [0.2, 0.25) is 0 Å². The highest BCUT2D eigenvalue weighted by atomic mass is 15.3. The maximum Gasteiger partial charge on any atom is 0.250 e. The molecule has 3 heterocycles. The van der Waals surface area contributed by atoms with Crippen LogP contribution < -0.4 is 4.90 Å². The van der Waals surface area contributed by atoms with E-state index in [1.165, 1.54) is 11.3 Å². The van der Waals surface area contributed by atoms with E-state index in [0.29, 0.717) is 5.95 Å². The number of aryl methyl sites for hydroxylation is 1. The third kappa shape index (κ3) is 3.97. The lowest BCUT2D eigenvalue weighted by molar-refractivity contribution is 0.284. The van der Waals surface area contributed by atoms with Gasteiger partial charge in [-0.1, -0.05) is 30.4 Å². The lowest BCUT2D eigenvalue weighted by Gasteiger charge is -2.36. The van der Waals surface area contributed by atoms with E-state index in [2.05, 4.69) is 68.2 Å². The van der Waals surface area contributed by atoms with E-state index in [0.717, 1.165) is 44.0 Å². The molecule has 144 valence electrons. The number of rotatable bonds is 5. The molecule has 4 rings (SSSR count). The summed E-state index contributed by atoms with van der Waals surface area (Å²) in [5.74, 6) is 0.604. The van der Waals surface area contributed by atoms with Crippen molar-refractivity contribution in [1.29, 1.82) is 0 Å². The van der Waals surface area contributed by atoms with Gasteiger partial charge in [-0.05, 0) is 31.5 Å². The van der Waals surface area contributed by atoms with Crippen LogP contribution in [0.3, 0.4) is 0 Å². The van der Waals surface area contributed by atoms with E-state index in [1.807, 2.05) is 19.2 Å². The van der Waals surface area contributed by atoms with Crippen molar-refractivity contribution in [2.75, 3.05) is 37.6 Å². The minimum Gasteiger partial charge on any atom is -0.369 e. The van der Waals surface area contributed by atoms with Gasteiger partial charge in [-0.2, -0.15) is 5.10 Å². The molecule has 6 heteroatoms. The first-order valence-electron chi connectivity index (χ1n) is 9.74. The van der Waals surface area contributed by atoms with E-state index >= 15 is 0 Å². The highest BCUT2D eigenvalue weighted by Gasteiger charge is 2.17. The minimum atomic E-state index is 0.604. The highest BCUT2D eigenvalue weighted by molar-refractivity contribution is 5.53. The van der Waals surface area contributed by atoms with Crippen molar-refractivity contribution in [3.05, 3.63) is 71.8 Å². The Balaban J connectivity index is 1.33. The molecule has 1 fully saturated rings. The van der Waals surface area contributed by atoms with Crippen molar-refractivity contribution < 1.29 is 0 Å². The molecule has 0 saturated carbocycles. The topological polar surface area (TPSA) is 50.1 Å². The van der Waals surface area contributed by atoms with Crippen LogP contribution in [0.5, 0.6) is 0 Å². The van der Waals surface area contributed by atoms with Crippen molar-refractivity contribution in [3.63, 3.8) is 0 Å². The molecule has 2 aromatic heterocycles. The first-order valence-corrected chi connectivity index (χ1v) is 9.74. The summed E-state index contributed by atoms with van der Waals surface area (Å²) in [5, 5.41) is 4.42. The molecule has 1 aliphatic rings. The fourth-order valence-corrected chi connectivity index (χ4v) is 3.61. The molecule has 0 spiro atoms. The van der Waals surface area contributed by atoms with Crippen LogP contribution in [0.15, 0.2) is 55.0 Å². The quantitative estimate of drug-likeness (QED) is 0.687. The van der Waals surface area contributed by atoms with E-state index < -0.39 is 0 Å². The van der Waals surface area contributed by atoms with E-state index in [9.17, 15) is 0 Å². The summed E-state index contributed by atoms with van der Waals surface area (Å²) < 4.78 is 1.78. The van der Waals surface area contributed by atoms with Gasteiger partial charge in [-0.25, -0.2) is 14.6 Å². The SMILES string of the molecule is Cc1ccccc1N1CCN(C/C=C/c2cnn(-c3ncccn3)c2C)CC1. The van der Waals surface area contributed by atoms with Crippen LogP contribution in [0, 0.1) is 13.8 Å². The summed E-state index contributed by atoms with van der Waals surface area (Å²) in [5.41, 5.74) is 4.87. The lowest BCUT2D eigenvalue weighted by Crippen LogP contribution is -2.46. The Bertz CT molecular complexity index is 939. The largest absolute Gasteiger partial charge is 0.369 e. The molecule has 28 heavy (non-hydrogen) atoms. The van der Waals surface area contributed by atoms with Gasteiger partial charge in [0.2, 0.25) is 0 Å². The number of aromatic nitrogens is 4. The van der Waals surface area contributed by atoms with Crippen molar-refractivity contribution >= 4 is 11.8 Å². The maximum absolute atomic E-state index is 4.42. The zero-order chi connectivity index (χ0) is 19.3. The second-order valence-corrected chi connectivity index (χ2v) is 7.12. The van der Waals surface area contributed by atoms with Gasteiger partial charge >= 0.3 is 0 Å². The fourth-order valence-electron chi connectivity index (χ4n) is 3.61. The Labute approximate surface area is 166 Å². The van der Waals surface area contributed by atoms with Gasteiger partial charge < -0.3 is 4.90 Å². The molecular weight excluding hydrogens is 348 g/mol. The second-order valence-electron chi connectivity index (χ2n) is 7.12. The zero-order valence-corrected chi connectivity index (χ0v) is 16.5. The van der Waals surface area contributed by atoms with Gasteiger partial charge in [0.05, 0.1) is 11.9 Å². The normalized spacial score (nSPS) is 15.4. The summed E-state index contributed by atoms with van der Waals surface area (Å²) >= 11 is 0. The molecule has 6 nitrogen and oxygen atoms in total. The summed E-state index contributed by atoms with van der Waals surface area (Å²) in [6.07, 6.45) is 9.71. The molecule has 0 atom stereocenters. The van der Waals surface area contributed by atoms with E-state index in [1.54, 1.807) is 17.1 Å². The second kappa shape index (κ2) is 8.35. The fraction of sp³-hybridized carbons (Fsp3) is 0.318. The number of hydrogen-bond donors (Lipinski definition) is 0. The molecular formula is C22H26N6. The molecule has 0 N–H and O–H groups in total. The first kappa shape index (κ1) is 18.4. The average Bonchev–Trinajstić information content (AvgIpc) is 3.10. The molecule has 0 unspecified atom stereocenters. The van der Waals surface area contributed by atoms with E-state index in [4.69, 9.17) is 0 Å². The minimum absolute atomic E-state index is 0.604. The van der Waals surface area contributed by atoms with Crippen LogP contribution in [0.25, 0.3) is 12.0 Å². The molecule has 1 aliphatic heterocycles. The van der Waals surface area contributed by atoms with Gasteiger partial charge in [0.15, 0.2) is 0 Å². The van der Waals surface area contributed by atoms with Crippen LogP contribution in [-0.2, 0) is 0 Å². The number of hydrogen-bond acceptors (Lipinski definition) is 5. The molecule has 0 amide bonds. The maximum atomic E-state index is 4.42. The summed E-state index contributed by atoms with van der Waals surface area (Å²) in [4.78, 5) is 13.5. The highest BCUT2D eigenvalue weighted by Crippen LogP contribution is 2.20. The Hall–Kier alpha value is -2.99. The van der Waals surface area contributed by atoms with Crippen LogP contribution >= 0.6 is 0 Å². The van der Waals surface area contributed by atoms with Crippen molar-refractivity contribution in [1.82, 2.24) is 24.6 Å².